The number of ether oxygens (including phenoxy) is 2. The minimum absolute atomic E-state index is 0.0477. The number of likely N-dealkylation sites (N-methyl/N-ethyl adjacent to an activating group) is 1. The maximum Gasteiger partial charge on any atom is 0.347 e. The summed E-state index contributed by atoms with van der Waals surface area (Å²) in [7, 11) is 3.77. The molecule has 4 rings (SSSR count). The highest BCUT2D eigenvalue weighted by atomic mass is 31.2. The Morgan fingerprint density at radius 2 is 1.49 bits per heavy atom. The summed E-state index contributed by atoms with van der Waals surface area (Å²) in [4.78, 5) is 115. The van der Waals surface area contributed by atoms with E-state index in [0.717, 1.165) is 6.42 Å². The summed E-state index contributed by atoms with van der Waals surface area (Å²) in [5, 5.41) is 2.57. The van der Waals surface area contributed by atoms with E-state index in [-0.39, 0.29) is 54.2 Å². The molecule has 0 bridgehead atoms. The Kier molecular flexibility index (Phi) is 21.9. The molecule has 1 aromatic rings. The lowest BCUT2D eigenvalue weighted by atomic mass is 9.89. The smallest absolute Gasteiger partial charge is 0.347 e. The van der Waals surface area contributed by atoms with Gasteiger partial charge < -0.3 is 49.1 Å². The van der Waals surface area contributed by atoms with E-state index in [1.807, 2.05) is 51.6 Å². The van der Waals surface area contributed by atoms with Gasteiger partial charge in [-0.25, -0.2) is 4.99 Å². The van der Waals surface area contributed by atoms with E-state index in [9.17, 15) is 43.1 Å². The van der Waals surface area contributed by atoms with Crippen molar-refractivity contribution in [3.63, 3.8) is 0 Å². The molecule has 0 spiro atoms. The molecule has 6 amide bonds. The Labute approximate surface area is 409 Å². The SMILES string of the molecule is CC[C@H](C)[C@@H]([C@@H](CC(=O)N1CCC[C@H]1[C@H](OC)[C@@H](C)C(=O)N[C@@H](Cc1ccccc1)P(=O)(O)O)OC)N(C)C(=O)[C@@H](N=C(N(C)C)N1CCN(C(=O)CCCCCN2C(=O)C=CC2=O)CC1)C(C)C. The second kappa shape index (κ2) is 26.5. The zero-order valence-corrected chi connectivity index (χ0v) is 43.4. The van der Waals surface area contributed by atoms with Gasteiger partial charge in [0.05, 0.1) is 36.6 Å². The van der Waals surface area contributed by atoms with Crippen LogP contribution in [0.1, 0.15) is 91.5 Å². The highest BCUT2D eigenvalue weighted by Gasteiger charge is 2.44. The number of rotatable bonds is 24. The molecule has 3 N–H and O–H groups in total. The van der Waals surface area contributed by atoms with Gasteiger partial charge in [0.15, 0.2) is 5.96 Å². The molecule has 0 saturated carbocycles. The number of nitrogens with one attached hydrogen (secondary N) is 1. The van der Waals surface area contributed by atoms with E-state index in [0.29, 0.717) is 89.3 Å². The largest absolute Gasteiger partial charge is 0.379 e. The third kappa shape index (κ3) is 15.4. The first-order valence-electron chi connectivity index (χ1n) is 24.5. The number of likely N-dealkylation sites (tertiary alicyclic amines) is 1. The number of carbonyl (C=O) groups is 6. The zero-order valence-electron chi connectivity index (χ0n) is 42.5. The third-order valence-corrected chi connectivity index (χ3v) is 15.0. The van der Waals surface area contributed by atoms with Crippen LogP contribution in [0.2, 0.25) is 0 Å². The number of benzene rings is 1. The first-order chi connectivity index (χ1) is 32.6. The predicted molar refractivity (Wildman–Crippen MR) is 262 cm³/mol. The van der Waals surface area contributed by atoms with Crippen LogP contribution in [-0.4, -0.2) is 191 Å². The van der Waals surface area contributed by atoms with Crippen molar-refractivity contribution in [2.75, 3.05) is 74.6 Å². The van der Waals surface area contributed by atoms with Gasteiger partial charge in [-0.2, -0.15) is 0 Å². The van der Waals surface area contributed by atoms with E-state index in [1.165, 1.54) is 31.3 Å². The number of methoxy groups -OCH3 is 2. The number of hydrogen-bond donors (Lipinski definition) is 3. The highest BCUT2D eigenvalue weighted by molar-refractivity contribution is 7.52. The molecule has 0 aliphatic carbocycles. The molecule has 8 atom stereocenters. The number of aliphatic imine (C=N–C) groups is 1. The lowest BCUT2D eigenvalue weighted by molar-refractivity contribution is -0.146. The Bertz CT molecular complexity index is 1990. The van der Waals surface area contributed by atoms with Crippen molar-refractivity contribution in [1.82, 2.24) is 34.7 Å². The molecule has 2 fully saturated rings. The Hall–Kier alpha value is -4.68. The average molecular weight is 987 g/mol. The standard InChI is InChI=1S/C49H79N8O11P/c1-11-34(4)45(38(67-9)32-43(61)56-26-18-21-37(56)46(68-10)35(5)47(62)50-39(69(64,65)66)31-36-19-14-12-15-20-36)53(8)48(63)44(33(2)3)51-49(52(6)7)55-29-27-54(28-30-55)40(58)22-16-13-17-25-57-41(59)23-24-42(57)60/h12,14-15,19-20,23-24,33-35,37-39,44-46H,11,13,16-18,21-22,25-32H2,1-10H3,(H,50,62)(H2,64,65,66)/t34-,35+,37-,38+,39+,44-,45-,46+/m0/s1. The summed E-state index contributed by atoms with van der Waals surface area (Å²) < 4.78 is 24.5. The maximum absolute atomic E-state index is 14.7. The first kappa shape index (κ1) is 56.9. The third-order valence-electron chi connectivity index (χ3n) is 13.9. The molecule has 0 unspecified atom stereocenters. The Morgan fingerprint density at radius 1 is 0.870 bits per heavy atom. The zero-order chi connectivity index (χ0) is 51.2. The van der Waals surface area contributed by atoms with Crippen LogP contribution in [0, 0.1) is 17.8 Å². The Balaban J connectivity index is 1.42. The number of nitrogens with zero attached hydrogens (tertiary/aromatic N) is 7. The minimum atomic E-state index is -4.74. The highest BCUT2D eigenvalue weighted by Crippen LogP contribution is 2.41. The Morgan fingerprint density at radius 3 is 2.04 bits per heavy atom. The lowest BCUT2D eigenvalue weighted by Gasteiger charge is -2.41. The summed E-state index contributed by atoms with van der Waals surface area (Å²) >= 11 is 0. The van der Waals surface area contributed by atoms with Crippen LogP contribution < -0.4 is 5.32 Å². The van der Waals surface area contributed by atoms with Crippen LogP contribution in [-0.2, 0) is 49.2 Å². The van der Waals surface area contributed by atoms with Crippen molar-refractivity contribution in [2.24, 2.45) is 22.7 Å². The van der Waals surface area contributed by atoms with E-state index in [1.54, 1.807) is 54.1 Å². The van der Waals surface area contributed by atoms with Crippen molar-refractivity contribution in [3.05, 3.63) is 48.0 Å². The molecule has 3 aliphatic rings. The van der Waals surface area contributed by atoms with Crippen molar-refractivity contribution in [1.29, 1.82) is 0 Å². The van der Waals surface area contributed by atoms with Gasteiger partial charge in [-0.15, -0.1) is 0 Å². The van der Waals surface area contributed by atoms with Crippen LogP contribution in [0.4, 0.5) is 0 Å². The quantitative estimate of drug-likeness (QED) is 0.0446. The maximum atomic E-state index is 14.7. The van der Waals surface area contributed by atoms with Crippen molar-refractivity contribution >= 4 is 49.0 Å². The molecule has 0 aromatic heterocycles. The number of amides is 6. The minimum Gasteiger partial charge on any atom is -0.379 e. The van der Waals surface area contributed by atoms with E-state index in [4.69, 9.17) is 14.5 Å². The van der Waals surface area contributed by atoms with Gasteiger partial charge in [0, 0.05) is 99.6 Å². The fourth-order valence-corrected chi connectivity index (χ4v) is 10.4. The summed E-state index contributed by atoms with van der Waals surface area (Å²) in [6.45, 7) is 12.4. The molecular weight excluding hydrogens is 908 g/mol. The molecule has 69 heavy (non-hydrogen) atoms. The molecule has 0 radical (unpaired) electrons. The van der Waals surface area contributed by atoms with Gasteiger partial charge in [-0.1, -0.05) is 77.8 Å². The monoisotopic (exact) mass is 987 g/mol. The first-order valence-corrected chi connectivity index (χ1v) is 26.2. The van der Waals surface area contributed by atoms with Gasteiger partial charge in [-0.05, 0) is 43.1 Å². The summed E-state index contributed by atoms with van der Waals surface area (Å²) in [6, 6.07) is 7.00. The van der Waals surface area contributed by atoms with Crippen molar-refractivity contribution in [2.45, 2.75) is 129 Å². The van der Waals surface area contributed by atoms with Gasteiger partial charge >= 0.3 is 7.60 Å². The molecule has 1 aromatic carbocycles. The predicted octanol–water partition coefficient (Wildman–Crippen LogP) is 3.34. The van der Waals surface area contributed by atoms with E-state index in [2.05, 4.69) is 10.2 Å². The summed E-state index contributed by atoms with van der Waals surface area (Å²) in [5.74, 6) is -3.53. The number of carbonyl (C=O) groups excluding carboxylic acids is 6. The number of piperazine rings is 1. The molecule has 386 valence electrons. The lowest BCUT2D eigenvalue weighted by Crippen LogP contribution is -2.56. The summed E-state index contributed by atoms with van der Waals surface area (Å²) in [6.07, 6.45) is 5.26. The van der Waals surface area contributed by atoms with Crippen molar-refractivity contribution in [3.8, 4) is 0 Å². The van der Waals surface area contributed by atoms with E-state index < -0.39 is 55.5 Å². The molecule has 3 heterocycles. The van der Waals surface area contributed by atoms with Crippen LogP contribution >= 0.6 is 7.60 Å². The van der Waals surface area contributed by atoms with Gasteiger partial charge in [-0.3, -0.25) is 38.2 Å². The van der Waals surface area contributed by atoms with Crippen LogP contribution in [0.15, 0.2) is 47.5 Å². The molecular formula is C49H79N8O11P. The van der Waals surface area contributed by atoms with Crippen LogP contribution in [0.3, 0.4) is 0 Å². The summed E-state index contributed by atoms with van der Waals surface area (Å²) in [5.41, 5.74) is 0.658. The molecule has 19 nitrogen and oxygen atoms in total. The second-order valence-electron chi connectivity index (χ2n) is 19.2. The number of hydrogen-bond acceptors (Lipinski definition) is 10. The fraction of sp³-hybridized carbons (Fsp3) is 0.694. The molecule has 3 aliphatic heterocycles. The number of guanidine groups is 1. The van der Waals surface area contributed by atoms with Crippen molar-refractivity contribution < 1.29 is 52.6 Å². The normalized spacial score (nSPS) is 19.9. The topological polar surface area (TPSA) is 222 Å². The molecule has 2 saturated heterocycles. The van der Waals surface area contributed by atoms with Gasteiger partial charge in [0.1, 0.15) is 11.8 Å². The fourth-order valence-electron chi connectivity index (χ4n) is 9.68. The van der Waals surface area contributed by atoms with Gasteiger partial charge in [0.25, 0.3) is 11.8 Å². The van der Waals surface area contributed by atoms with E-state index >= 15 is 0 Å². The van der Waals surface area contributed by atoms with Gasteiger partial charge in [0.2, 0.25) is 23.6 Å². The second-order valence-corrected chi connectivity index (χ2v) is 21.0. The average Bonchev–Trinajstić information content (AvgIpc) is 3.93. The number of unbranched alkanes of at least 4 members (excludes halogenated alkanes) is 2. The molecule has 20 heteroatoms. The van der Waals surface area contributed by atoms with Crippen LogP contribution in [0.25, 0.3) is 0 Å². The number of imide groups is 1. The van der Waals surface area contributed by atoms with Crippen LogP contribution in [0.5, 0.6) is 0 Å².